The van der Waals surface area contributed by atoms with Crippen molar-refractivity contribution in [1.29, 1.82) is 0 Å². The molecule has 4 N–H and O–H groups in total. The zero-order valence-electron chi connectivity index (χ0n) is 33.7. The molecule has 0 aliphatic heterocycles. The Morgan fingerprint density at radius 3 is 1.51 bits per heavy atom. The van der Waals surface area contributed by atoms with Crippen LogP contribution in [-0.2, 0) is 37.5 Å². The van der Waals surface area contributed by atoms with Gasteiger partial charge in [-0.25, -0.2) is 4.57 Å². The van der Waals surface area contributed by atoms with Crippen LogP contribution in [0.25, 0.3) is 0 Å². The fourth-order valence-corrected chi connectivity index (χ4v) is 5.84. The molecule has 0 aromatic rings. The lowest BCUT2D eigenvalue weighted by atomic mass is 10.1. The predicted molar refractivity (Wildman–Crippen MR) is 221 cm³/mol. The topological polar surface area (TPSA) is 172 Å². The maximum absolute atomic E-state index is 12.6. The van der Waals surface area contributed by atoms with Crippen molar-refractivity contribution in [3.8, 4) is 0 Å². The molecule has 0 rings (SSSR count). The molecule has 0 radical (unpaired) electrons. The lowest BCUT2D eigenvalue weighted by Gasteiger charge is -2.20. The highest BCUT2D eigenvalue weighted by Gasteiger charge is 2.28. The number of carboxylic acid groups (broad SMARTS) is 1. The Kier molecular flexibility index (Phi) is 35.7. The molecule has 0 heterocycles. The monoisotopic (exact) mass is 793 g/mol. The summed E-state index contributed by atoms with van der Waals surface area (Å²) < 4.78 is 32.6. The summed E-state index contributed by atoms with van der Waals surface area (Å²) in [6.07, 6.45) is 44.0. The van der Waals surface area contributed by atoms with Crippen LogP contribution in [0.2, 0.25) is 0 Å². The SMILES string of the molecule is CC/C=C/C=C/C=C/CCCCCCCC(=O)OC(COC(=O)CCCCCCC/C=C/C=C/C=C/CCCCCCC)COP(=O)(O)OC[C@@H](N)C(=O)O. The van der Waals surface area contributed by atoms with Gasteiger partial charge in [-0.3, -0.25) is 23.4 Å². The van der Waals surface area contributed by atoms with E-state index in [2.05, 4.69) is 67.0 Å². The minimum absolute atomic E-state index is 0.129. The molecule has 0 aliphatic rings. The maximum atomic E-state index is 12.6. The minimum atomic E-state index is -4.73. The van der Waals surface area contributed by atoms with Crippen LogP contribution in [0.4, 0.5) is 0 Å². The fourth-order valence-electron chi connectivity index (χ4n) is 5.06. The predicted octanol–water partition coefficient (Wildman–Crippen LogP) is 10.6. The zero-order valence-corrected chi connectivity index (χ0v) is 34.6. The highest BCUT2D eigenvalue weighted by atomic mass is 31.2. The van der Waals surface area contributed by atoms with E-state index < -0.39 is 51.1 Å². The third-order valence-corrected chi connectivity index (χ3v) is 9.26. The Labute approximate surface area is 331 Å². The molecule has 0 saturated carbocycles. The molecule has 0 aliphatic carbocycles. The Morgan fingerprint density at radius 1 is 0.582 bits per heavy atom. The van der Waals surface area contributed by atoms with E-state index in [0.29, 0.717) is 12.8 Å². The van der Waals surface area contributed by atoms with Gasteiger partial charge in [-0.2, -0.15) is 0 Å². The van der Waals surface area contributed by atoms with Gasteiger partial charge in [0.1, 0.15) is 12.6 Å². The van der Waals surface area contributed by atoms with E-state index in [1.807, 2.05) is 24.3 Å². The van der Waals surface area contributed by atoms with Crippen molar-refractivity contribution in [2.24, 2.45) is 5.73 Å². The van der Waals surface area contributed by atoms with Crippen molar-refractivity contribution in [3.05, 3.63) is 72.9 Å². The number of carbonyl (C=O) groups excluding carboxylic acids is 2. The molecule has 0 aromatic heterocycles. The molecular formula is C43H72NO10P. The number of aliphatic carboxylic acids is 1. The van der Waals surface area contributed by atoms with Crippen molar-refractivity contribution in [1.82, 2.24) is 0 Å². The average Bonchev–Trinajstić information content (AvgIpc) is 3.16. The summed E-state index contributed by atoms with van der Waals surface area (Å²) in [6.45, 7) is 2.59. The Hall–Kier alpha value is -3.08. The first-order valence-electron chi connectivity index (χ1n) is 20.5. The van der Waals surface area contributed by atoms with Crippen molar-refractivity contribution in [2.75, 3.05) is 19.8 Å². The number of rotatable bonds is 37. The van der Waals surface area contributed by atoms with E-state index in [9.17, 15) is 23.8 Å². The summed E-state index contributed by atoms with van der Waals surface area (Å²) in [7, 11) is -4.73. The highest BCUT2D eigenvalue weighted by Crippen LogP contribution is 2.43. The maximum Gasteiger partial charge on any atom is 0.472 e. The van der Waals surface area contributed by atoms with E-state index in [-0.39, 0.29) is 19.4 Å². The zero-order chi connectivity index (χ0) is 40.7. The highest BCUT2D eigenvalue weighted by molar-refractivity contribution is 7.47. The summed E-state index contributed by atoms with van der Waals surface area (Å²) in [6, 6.07) is -1.53. The molecule has 0 fully saturated rings. The lowest BCUT2D eigenvalue weighted by Crippen LogP contribution is -2.34. The molecule has 11 nitrogen and oxygen atoms in total. The molecule has 12 heteroatoms. The van der Waals surface area contributed by atoms with Gasteiger partial charge in [0.25, 0.3) is 0 Å². The van der Waals surface area contributed by atoms with E-state index in [0.717, 1.165) is 77.0 Å². The summed E-state index contributed by atoms with van der Waals surface area (Å²) in [5.41, 5.74) is 5.32. The van der Waals surface area contributed by atoms with Gasteiger partial charge in [0.05, 0.1) is 13.2 Å². The normalized spacial score (nSPS) is 14.5. The Morgan fingerprint density at radius 2 is 1.02 bits per heavy atom. The Balaban J connectivity index is 4.47. The van der Waals surface area contributed by atoms with E-state index >= 15 is 0 Å². The lowest BCUT2D eigenvalue weighted by molar-refractivity contribution is -0.161. The largest absolute Gasteiger partial charge is 0.480 e. The van der Waals surface area contributed by atoms with Crippen LogP contribution in [0, 0.1) is 0 Å². The average molecular weight is 794 g/mol. The van der Waals surface area contributed by atoms with Crippen molar-refractivity contribution < 1.29 is 47.5 Å². The molecule has 0 aromatic carbocycles. The number of hydrogen-bond acceptors (Lipinski definition) is 9. The number of hydrogen-bond donors (Lipinski definition) is 3. The third-order valence-electron chi connectivity index (χ3n) is 8.31. The van der Waals surface area contributed by atoms with Gasteiger partial charge in [-0.1, -0.05) is 151 Å². The van der Waals surface area contributed by atoms with Gasteiger partial charge in [0.2, 0.25) is 0 Å². The number of phosphoric ester groups is 1. The summed E-state index contributed by atoms with van der Waals surface area (Å²) in [4.78, 5) is 45.8. The number of carboxylic acids is 1. The smallest absolute Gasteiger partial charge is 0.472 e. The van der Waals surface area contributed by atoms with E-state index in [4.69, 9.17) is 24.8 Å². The van der Waals surface area contributed by atoms with E-state index in [1.54, 1.807) is 0 Å². The van der Waals surface area contributed by atoms with Crippen LogP contribution in [0.1, 0.15) is 149 Å². The molecule has 55 heavy (non-hydrogen) atoms. The molecule has 3 atom stereocenters. The second kappa shape index (κ2) is 37.8. The standard InChI is InChI=1S/C43H72NO10P/c1-3-5-7-9-11-13-15-17-18-19-20-21-23-24-26-28-30-32-34-41(45)51-36-39(37-52-55(49,50)53-38-40(44)43(47)48)54-42(46)35-33-31-29-27-25-22-16-14-12-10-8-6-4-2/h6,8,10,12,14-21,39-40H,3-5,7,9,11,13,22-38,44H2,1-2H3,(H,47,48)(H,49,50)/b8-6+,12-10+,16-14+,17-15+,19-18+,21-20+/t39?,40-/m1/s1. The van der Waals surface area contributed by atoms with Crippen molar-refractivity contribution >= 4 is 25.7 Å². The van der Waals surface area contributed by atoms with Crippen LogP contribution in [0.15, 0.2) is 72.9 Å². The van der Waals surface area contributed by atoms with Crippen LogP contribution in [0.5, 0.6) is 0 Å². The summed E-state index contributed by atoms with van der Waals surface area (Å²) in [5, 5.41) is 8.87. The second-order valence-corrected chi connectivity index (χ2v) is 15.0. The molecule has 0 spiro atoms. The fraction of sp³-hybridized carbons (Fsp3) is 0.651. The van der Waals surface area contributed by atoms with Crippen LogP contribution < -0.4 is 5.73 Å². The van der Waals surface area contributed by atoms with Crippen molar-refractivity contribution in [2.45, 2.75) is 161 Å². The van der Waals surface area contributed by atoms with Crippen molar-refractivity contribution in [3.63, 3.8) is 0 Å². The quantitative estimate of drug-likeness (QED) is 0.0236. The van der Waals surface area contributed by atoms with E-state index in [1.165, 1.54) is 32.1 Å². The van der Waals surface area contributed by atoms with Crippen LogP contribution >= 0.6 is 7.82 Å². The first-order chi connectivity index (χ1) is 26.6. The molecule has 0 amide bonds. The van der Waals surface area contributed by atoms with Gasteiger partial charge in [0.15, 0.2) is 6.10 Å². The van der Waals surface area contributed by atoms with Gasteiger partial charge >= 0.3 is 25.7 Å². The molecule has 0 saturated heterocycles. The number of esters is 2. The first kappa shape index (κ1) is 51.9. The molecule has 2 unspecified atom stereocenters. The number of phosphoric acid groups is 1. The number of ether oxygens (including phenoxy) is 2. The number of unbranched alkanes of at least 4 members (excludes halogenated alkanes) is 15. The number of allylic oxidation sites excluding steroid dienone is 12. The molecule has 0 bridgehead atoms. The second-order valence-electron chi connectivity index (χ2n) is 13.5. The third kappa shape index (κ3) is 37.6. The number of nitrogens with two attached hydrogens (primary N) is 1. The Bertz CT molecular complexity index is 1210. The molecule has 314 valence electrons. The first-order valence-corrected chi connectivity index (χ1v) is 22.0. The summed E-state index contributed by atoms with van der Waals surface area (Å²) in [5.74, 6) is -2.44. The van der Waals surface area contributed by atoms with Crippen LogP contribution in [0.3, 0.4) is 0 Å². The summed E-state index contributed by atoms with van der Waals surface area (Å²) >= 11 is 0. The van der Waals surface area contributed by atoms with Gasteiger partial charge in [-0.05, 0) is 57.8 Å². The molecular weight excluding hydrogens is 721 g/mol. The van der Waals surface area contributed by atoms with Gasteiger partial charge in [0, 0.05) is 12.8 Å². The van der Waals surface area contributed by atoms with Gasteiger partial charge in [-0.15, -0.1) is 0 Å². The van der Waals surface area contributed by atoms with Gasteiger partial charge < -0.3 is 25.2 Å². The minimum Gasteiger partial charge on any atom is -0.480 e. The van der Waals surface area contributed by atoms with Crippen LogP contribution in [-0.4, -0.2) is 59.9 Å². The number of carbonyl (C=O) groups is 3.